The second kappa shape index (κ2) is 6.05. The largest absolute Gasteiger partial charge is 0.375 e. The fourth-order valence-electron chi connectivity index (χ4n) is 1.52. The Morgan fingerprint density at radius 3 is 2.63 bits per heavy atom. The van der Waals surface area contributed by atoms with Crippen molar-refractivity contribution in [1.82, 2.24) is 10.4 Å². The minimum absolute atomic E-state index is 0.287. The molecule has 5 N–H and O–H groups in total. The van der Waals surface area contributed by atoms with E-state index >= 15 is 0 Å². The summed E-state index contributed by atoms with van der Waals surface area (Å²) in [5, 5.41) is 0.593. The van der Waals surface area contributed by atoms with E-state index < -0.39 is 0 Å². The van der Waals surface area contributed by atoms with E-state index in [-0.39, 0.29) is 5.91 Å². The predicted molar refractivity (Wildman–Crippen MR) is 78.9 cm³/mol. The standard InChI is InChI=1S/C12H14N4OS2/c1-7-11(19-12(13)15-7)18-6-8-2-4-9(5-3-8)10(17)16-14/h2-5H,6,14H2,1H3,(H2,13,15)(H,16,17). The third-order valence-electron chi connectivity index (χ3n) is 2.49. The normalized spacial score (nSPS) is 10.4. The number of thioether (sulfide) groups is 1. The molecule has 2 aromatic rings. The van der Waals surface area contributed by atoms with Gasteiger partial charge in [0.25, 0.3) is 5.91 Å². The molecular formula is C12H14N4OS2. The first-order chi connectivity index (χ1) is 9.10. The van der Waals surface area contributed by atoms with Gasteiger partial charge in [0.15, 0.2) is 5.13 Å². The summed E-state index contributed by atoms with van der Waals surface area (Å²) in [5.74, 6) is 5.60. The zero-order valence-corrected chi connectivity index (χ0v) is 12.0. The molecule has 7 heteroatoms. The third kappa shape index (κ3) is 3.46. The topological polar surface area (TPSA) is 94.0 Å². The van der Waals surface area contributed by atoms with Crippen LogP contribution < -0.4 is 17.0 Å². The summed E-state index contributed by atoms with van der Waals surface area (Å²) < 4.78 is 1.13. The van der Waals surface area contributed by atoms with Crippen LogP contribution in [0.3, 0.4) is 0 Å². The Kier molecular flexibility index (Phi) is 4.41. The maximum Gasteiger partial charge on any atom is 0.265 e. The number of nitrogens with two attached hydrogens (primary N) is 2. The molecule has 0 bridgehead atoms. The highest BCUT2D eigenvalue weighted by molar-refractivity contribution is 8.00. The fourth-order valence-corrected chi connectivity index (χ4v) is 3.50. The van der Waals surface area contributed by atoms with Crippen LogP contribution in [0, 0.1) is 6.92 Å². The van der Waals surface area contributed by atoms with Crippen molar-refractivity contribution in [3.05, 3.63) is 41.1 Å². The molecule has 19 heavy (non-hydrogen) atoms. The number of carbonyl (C=O) groups is 1. The number of nitrogens with one attached hydrogen (secondary N) is 1. The van der Waals surface area contributed by atoms with Gasteiger partial charge < -0.3 is 5.73 Å². The molecule has 100 valence electrons. The van der Waals surface area contributed by atoms with Gasteiger partial charge in [0.1, 0.15) is 0 Å². The monoisotopic (exact) mass is 294 g/mol. The maximum absolute atomic E-state index is 11.3. The Morgan fingerprint density at radius 1 is 1.42 bits per heavy atom. The van der Waals surface area contributed by atoms with Crippen molar-refractivity contribution in [1.29, 1.82) is 0 Å². The number of amides is 1. The molecule has 1 heterocycles. The Labute approximate surface area is 119 Å². The van der Waals surface area contributed by atoms with Crippen LogP contribution in [0.25, 0.3) is 0 Å². The molecule has 0 aliphatic rings. The maximum atomic E-state index is 11.3. The summed E-state index contributed by atoms with van der Waals surface area (Å²) in [6.45, 7) is 1.95. The van der Waals surface area contributed by atoms with Crippen LogP contribution in [0.2, 0.25) is 0 Å². The van der Waals surface area contributed by atoms with Gasteiger partial charge in [0, 0.05) is 11.3 Å². The molecule has 0 aliphatic carbocycles. The van der Waals surface area contributed by atoms with Crippen LogP contribution in [-0.2, 0) is 5.75 Å². The van der Waals surface area contributed by atoms with Crippen molar-refractivity contribution in [2.45, 2.75) is 16.9 Å². The number of nitrogen functional groups attached to an aromatic ring is 2. The summed E-state index contributed by atoms with van der Waals surface area (Å²) >= 11 is 3.19. The average molecular weight is 294 g/mol. The number of hydrogen-bond acceptors (Lipinski definition) is 6. The smallest absolute Gasteiger partial charge is 0.265 e. The van der Waals surface area contributed by atoms with E-state index in [1.165, 1.54) is 11.3 Å². The molecule has 0 aliphatic heterocycles. The lowest BCUT2D eigenvalue weighted by molar-refractivity contribution is 0.0953. The highest BCUT2D eigenvalue weighted by atomic mass is 32.2. The summed E-state index contributed by atoms with van der Waals surface area (Å²) in [4.78, 5) is 15.5. The van der Waals surface area contributed by atoms with Gasteiger partial charge in [-0.05, 0) is 24.6 Å². The Balaban J connectivity index is 2.00. The zero-order valence-electron chi connectivity index (χ0n) is 10.3. The van der Waals surface area contributed by atoms with Crippen LogP contribution in [0.5, 0.6) is 0 Å². The molecule has 2 rings (SSSR count). The summed E-state index contributed by atoms with van der Waals surface area (Å²) in [7, 11) is 0. The molecule has 0 fully saturated rings. The number of anilines is 1. The van der Waals surface area contributed by atoms with E-state index in [1.807, 2.05) is 19.1 Å². The van der Waals surface area contributed by atoms with E-state index in [0.717, 1.165) is 21.2 Å². The van der Waals surface area contributed by atoms with Gasteiger partial charge in [-0.3, -0.25) is 10.2 Å². The number of hydrogen-bond donors (Lipinski definition) is 3. The lowest BCUT2D eigenvalue weighted by Crippen LogP contribution is -2.29. The lowest BCUT2D eigenvalue weighted by atomic mass is 10.1. The van der Waals surface area contributed by atoms with Gasteiger partial charge in [-0.2, -0.15) is 0 Å². The number of thiazole rings is 1. The number of aryl methyl sites for hydroxylation is 1. The fraction of sp³-hybridized carbons (Fsp3) is 0.167. The van der Waals surface area contributed by atoms with E-state index in [0.29, 0.717) is 10.7 Å². The van der Waals surface area contributed by atoms with Gasteiger partial charge >= 0.3 is 0 Å². The van der Waals surface area contributed by atoms with Crippen LogP contribution in [0.1, 0.15) is 21.6 Å². The number of carbonyl (C=O) groups excluding carboxylic acids is 1. The second-order valence-electron chi connectivity index (χ2n) is 3.88. The highest BCUT2D eigenvalue weighted by Gasteiger charge is 2.07. The molecule has 0 radical (unpaired) electrons. The highest BCUT2D eigenvalue weighted by Crippen LogP contribution is 2.32. The van der Waals surface area contributed by atoms with E-state index in [1.54, 1.807) is 23.9 Å². The number of hydrazine groups is 1. The Bertz CT molecular complexity index is 580. The van der Waals surface area contributed by atoms with E-state index in [4.69, 9.17) is 11.6 Å². The van der Waals surface area contributed by atoms with Crippen molar-refractivity contribution in [2.24, 2.45) is 5.84 Å². The predicted octanol–water partition coefficient (Wildman–Crippen LogP) is 1.93. The van der Waals surface area contributed by atoms with Crippen LogP contribution in [0.15, 0.2) is 28.5 Å². The first kappa shape index (κ1) is 13.9. The van der Waals surface area contributed by atoms with E-state index in [2.05, 4.69) is 10.4 Å². The van der Waals surface area contributed by atoms with Gasteiger partial charge in [-0.15, -0.1) is 11.8 Å². The molecule has 1 aromatic carbocycles. The quantitative estimate of drug-likeness (QED) is 0.347. The van der Waals surface area contributed by atoms with Crippen molar-refractivity contribution < 1.29 is 4.79 Å². The minimum Gasteiger partial charge on any atom is -0.375 e. The molecule has 0 atom stereocenters. The molecular weight excluding hydrogens is 280 g/mol. The first-order valence-corrected chi connectivity index (χ1v) is 7.36. The first-order valence-electron chi connectivity index (χ1n) is 5.55. The van der Waals surface area contributed by atoms with Gasteiger partial charge in [0.05, 0.1) is 9.90 Å². The Morgan fingerprint density at radius 2 is 2.11 bits per heavy atom. The van der Waals surface area contributed by atoms with Crippen LogP contribution in [0.4, 0.5) is 5.13 Å². The van der Waals surface area contributed by atoms with Gasteiger partial charge in [-0.25, -0.2) is 10.8 Å². The molecule has 0 spiro atoms. The SMILES string of the molecule is Cc1nc(N)sc1SCc1ccc(C(=O)NN)cc1. The van der Waals surface area contributed by atoms with Gasteiger partial charge in [-0.1, -0.05) is 23.5 Å². The summed E-state index contributed by atoms with van der Waals surface area (Å²) in [5.41, 5.74) is 10.4. The van der Waals surface area contributed by atoms with Crippen molar-refractivity contribution in [3.8, 4) is 0 Å². The number of aromatic nitrogens is 1. The minimum atomic E-state index is -0.287. The average Bonchev–Trinajstić information content (AvgIpc) is 2.74. The van der Waals surface area contributed by atoms with Crippen molar-refractivity contribution in [2.75, 3.05) is 5.73 Å². The second-order valence-corrected chi connectivity index (χ2v) is 6.16. The summed E-state index contributed by atoms with van der Waals surface area (Å²) in [6, 6.07) is 7.34. The molecule has 0 unspecified atom stereocenters. The lowest BCUT2D eigenvalue weighted by Gasteiger charge is -2.03. The molecule has 0 saturated carbocycles. The van der Waals surface area contributed by atoms with Crippen LogP contribution >= 0.6 is 23.1 Å². The third-order valence-corrected chi connectivity index (χ3v) is 4.91. The van der Waals surface area contributed by atoms with E-state index in [9.17, 15) is 4.79 Å². The van der Waals surface area contributed by atoms with Crippen molar-refractivity contribution >= 4 is 34.1 Å². The summed E-state index contributed by atoms with van der Waals surface area (Å²) in [6.07, 6.45) is 0. The number of nitrogens with zero attached hydrogens (tertiary/aromatic N) is 1. The van der Waals surface area contributed by atoms with Crippen LogP contribution in [-0.4, -0.2) is 10.9 Å². The Hall–Kier alpha value is -1.57. The molecule has 0 saturated heterocycles. The molecule has 1 aromatic heterocycles. The molecule has 5 nitrogen and oxygen atoms in total. The van der Waals surface area contributed by atoms with Gasteiger partial charge in [0.2, 0.25) is 0 Å². The van der Waals surface area contributed by atoms with Crippen molar-refractivity contribution in [3.63, 3.8) is 0 Å². The molecule has 1 amide bonds. The zero-order chi connectivity index (χ0) is 13.8. The number of benzene rings is 1. The number of rotatable bonds is 4.